The quantitative estimate of drug-likeness (QED) is 0.131. The van der Waals surface area contributed by atoms with E-state index in [4.69, 9.17) is 30.3 Å². The number of carbonyl (C=O) groups excluding carboxylic acids is 1. The molecule has 0 radical (unpaired) electrons. The van der Waals surface area contributed by atoms with Gasteiger partial charge in [0, 0.05) is 23.1 Å². The lowest BCUT2D eigenvalue weighted by molar-refractivity contribution is -0.123. The van der Waals surface area contributed by atoms with E-state index in [9.17, 15) is 4.79 Å². The summed E-state index contributed by atoms with van der Waals surface area (Å²) in [5, 5.41) is 13.5. The van der Waals surface area contributed by atoms with Gasteiger partial charge in [-0.3, -0.25) is 10.2 Å². The van der Waals surface area contributed by atoms with Crippen LogP contribution in [0.15, 0.2) is 58.1 Å². The molecule has 2 aromatic carbocycles. The van der Waals surface area contributed by atoms with E-state index in [-0.39, 0.29) is 18.3 Å². The van der Waals surface area contributed by atoms with Crippen LogP contribution < -0.4 is 25.3 Å². The van der Waals surface area contributed by atoms with Crippen molar-refractivity contribution in [3.8, 4) is 39.1 Å². The van der Waals surface area contributed by atoms with Crippen molar-refractivity contribution in [2.75, 3.05) is 27.1 Å². The summed E-state index contributed by atoms with van der Waals surface area (Å²) in [6, 6.07) is 15.0. The van der Waals surface area contributed by atoms with Crippen molar-refractivity contribution in [1.82, 2.24) is 10.3 Å². The number of benzene rings is 2. The van der Waals surface area contributed by atoms with Gasteiger partial charge in [-0.15, -0.1) is 34.4 Å². The van der Waals surface area contributed by atoms with E-state index in [0.717, 1.165) is 36.5 Å². The van der Waals surface area contributed by atoms with Crippen LogP contribution in [0.3, 0.4) is 0 Å². The molecule has 0 aliphatic carbocycles. The van der Waals surface area contributed by atoms with Gasteiger partial charge in [0.05, 0.1) is 29.0 Å². The van der Waals surface area contributed by atoms with Crippen molar-refractivity contribution >= 4 is 46.2 Å². The number of nitrogens with two attached hydrogens (primary N) is 1. The molecule has 4 rings (SSSR count). The Morgan fingerprint density at radius 1 is 1.14 bits per heavy atom. The highest BCUT2D eigenvalue weighted by Crippen LogP contribution is 2.38. The number of rotatable bonds is 11. The summed E-state index contributed by atoms with van der Waals surface area (Å²) in [4.78, 5) is 17.9. The third-order valence-electron chi connectivity index (χ3n) is 5.33. The Balaban J connectivity index is 1.38. The van der Waals surface area contributed by atoms with Gasteiger partial charge < -0.3 is 25.3 Å². The number of nitrogen functional groups attached to an aromatic ring is 1. The Hall–Kier alpha value is -3.54. The number of thiazole rings is 1. The predicted octanol–water partition coefficient (Wildman–Crippen LogP) is 5.26. The molecule has 37 heavy (non-hydrogen) atoms. The maximum absolute atomic E-state index is 12.4. The molecule has 0 saturated carbocycles. The summed E-state index contributed by atoms with van der Waals surface area (Å²) in [6.07, 6.45) is 1.99. The van der Waals surface area contributed by atoms with E-state index in [1.54, 1.807) is 38.1 Å². The van der Waals surface area contributed by atoms with Crippen LogP contribution in [0.25, 0.3) is 21.8 Å². The second-order valence-corrected chi connectivity index (χ2v) is 10.8. The average molecular weight is 555 g/mol. The lowest BCUT2D eigenvalue weighted by atomic mass is 10.1. The molecule has 192 valence electrons. The van der Waals surface area contributed by atoms with Gasteiger partial charge in [-0.2, -0.15) is 0 Å². The molecule has 2 aromatic heterocycles. The summed E-state index contributed by atoms with van der Waals surface area (Å²) < 4.78 is 17.4. The van der Waals surface area contributed by atoms with Gasteiger partial charge in [-0.1, -0.05) is 18.2 Å². The molecule has 0 bridgehead atoms. The Morgan fingerprint density at radius 2 is 1.95 bits per heavy atom. The number of carbonyl (C=O) groups is 1. The SMILES string of the molecule is COc1ccc(CNC(=O)COc2cccc(-c3csc(-c4cc(SC)sc4C(=N)N)n3)c2)cc1OC. The predicted molar refractivity (Wildman–Crippen MR) is 151 cm³/mol. The fourth-order valence-corrected chi connectivity index (χ4v) is 5.98. The van der Waals surface area contributed by atoms with Gasteiger partial charge in [0.1, 0.15) is 16.6 Å². The molecular formula is C26H26N4O4S3. The molecule has 0 fully saturated rings. The van der Waals surface area contributed by atoms with Crippen LogP contribution in [-0.4, -0.2) is 43.8 Å². The Morgan fingerprint density at radius 3 is 2.68 bits per heavy atom. The van der Waals surface area contributed by atoms with Gasteiger partial charge >= 0.3 is 0 Å². The van der Waals surface area contributed by atoms with Crippen LogP contribution in [0.1, 0.15) is 10.4 Å². The number of hydrogen-bond donors (Lipinski definition) is 3. The first-order valence-corrected chi connectivity index (χ1v) is 14.0. The standard InChI is InChI=1S/C26H26N4O4S3/c1-32-20-8-7-15(9-21(20)33-2)12-29-22(31)13-34-17-6-4-5-16(10-17)19-14-36-26(30-19)18-11-23(35-3)37-24(18)25(27)28/h4-11,14H,12-13H2,1-3H3,(H3,27,28)(H,29,31). The largest absolute Gasteiger partial charge is 0.493 e. The zero-order chi connectivity index (χ0) is 26.4. The molecular weight excluding hydrogens is 529 g/mol. The summed E-state index contributed by atoms with van der Waals surface area (Å²) in [7, 11) is 3.15. The van der Waals surface area contributed by atoms with Gasteiger partial charge in [0.2, 0.25) is 0 Å². The summed E-state index contributed by atoms with van der Waals surface area (Å²) in [5.74, 6) is 1.60. The Bertz CT molecular complexity index is 1420. The van der Waals surface area contributed by atoms with Crippen molar-refractivity contribution in [2.45, 2.75) is 10.8 Å². The summed E-state index contributed by atoms with van der Waals surface area (Å²) in [6.45, 7) is 0.223. The lowest BCUT2D eigenvalue weighted by Gasteiger charge is -2.11. The minimum absolute atomic E-state index is 0.0388. The van der Waals surface area contributed by atoms with E-state index < -0.39 is 0 Å². The molecule has 4 N–H and O–H groups in total. The molecule has 2 heterocycles. The van der Waals surface area contributed by atoms with Crippen molar-refractivity contribution in [3.63, 3.8) is 0 Å². The number of hydrogen-bond acceptors (Lipinski definition) is 9. The van der Waals surface area contributed by atoms with Crippen LogP contribution in [0.4, 0.5) is 0 Å². The highest BCUT2D eigenvalue weighted by Gasteiger charge is 2.17. The minimum Gasteiger partial charge on any atom is -0.493 e. The number of nitrogens with zero attached hydrogens (tertiary/aromatic N) is 1. The first kappa shape index (κ1) is 26.5. The van der Waals surface area contributed by atoms with Crippen LogP contribution in [0, 0.1) is 5.41 Å². The molecule has 0 spiro atoms. The molecule has 8 nitrogen and oxygen atoms in total. The van der Waals surface area contributed by atoms with Crippen molar-refractivity contribution in [3.05, 3.63) is 64.4 Å². The van der Waals surface area contributed by atoms with Crippen molar-refractivity contribution in [2.24, 2.45) is 5.73 Å². The average Bonchev–Trinajstić information content (AvgIpc) is 3.58. The number of thioether (sulfide) groups is 1. The van der Waals surface area contributed by atoms with Crippen molar-refractivity contribution in [1.29, 1.82) is 5.41 Å². The highest BCUT2D eigenvalue weighted by molar-refractivity contribution is 8.00. The van der Waals surface area contributed by atoms with Gasteiger partial charge in [0.15, 0.2) is 18.1 Å². The molecule has 0 atom stereocenters. The molecule has 1 amide bonds. The fourth-order valence-electron chi connectivity index (χ4n) is 3.49. The lowest BCUT2D eigenvalue weighted by Crippen LogP contribution is -2.28. The number of nitrogens with one attached hydrogen (secondary N) is 2. The zero-order valence-electron chi connectivity index (χ0n) is 20.5. The highest BCUT2D eigenvalue weighted by atomic mass is 32.2. The molecule has 0 aliphatic heterocycles. The van der Waals surface area contributed by atoms with Crippen molar-refractivity contribution < 1.29 is 19.0 Å². The first-order chi connectivity index (χ1) is 17.9. The second kappa shape index (κ2) is 12.1. The normalized spacial score (nSPS) is 10.7. The summed E-state index contributed by atoms with van der Waals surface area (Å²) in [5.41, 5.74) is 9.21. The maximum Gasteiger partial charge on any atom is 0.258 e. The number of aromatic nitrogens is 1. The van der Waals surface area contributed by atoms with Crippen LogP contribution in [0.2, 0.25) is 0 Å². The van der Waals surface area contributed by atoms with Gasteiger partial charge in [0.25, 0.3) is 5.91 Å². The van der Waals surface area contributed by atoms with Gasteiger partial charge in [-0.05, 0) is 42.2 Å². The van der Waals surface area contributed by atoms with E-state index in [1.165, 1.54) is 22.7 Å². The smallest absolute Gasteiger partial charge is 0.258 e. The number of thiophene rings is 1. The second-order valence-electron chi connectivity index (χ2n) is 7.75. The molecule has 0 unspecified atom stereocenters. The molecule has 0 saturated heterocycles. The number of amidine groups is 1. The zero-order valence-corrected chi connectivity index (χ0v) is 22.9. The molecule has 0 aliphatic rings. The van der Waals surface area contributed by atoms with Gasteiger partial charge in [-0.25, -0.2) is 4.98 Å². The molecule has 4 aromatic rings. The fraction of sp³-hybridized carbons (Fsp3) is 0.192. The number of ether oxygens (including phenoxy) is 3. The monoisotopic (exact) mass is 554 g/mol. The minimum atomic E-state index is -0.241. The third-order valence-corrected chi connectivity index (χ3v) is 8.44. The van der Waals surface area contributed by atoms with E-state index in [1.807, 2.05) is 48.0 Å². The Labute approximate surface area is 227 Å². The van der Waals surface area contributed by atoms with E-state index in [2.05, 4.69) is 5.32 Å². The third kappa shape index (κ3) is 6.43. The Kier molecular flexibility index (Phi) is 8.70. The van der Waals surface area contributed by atoms with E-state index >= 15 is 0 Å². The van der Waals surface area contributed by atoms with Crippen LogP contribution in [-0.2, 0) is 11.3 Å². The number of methoxy groups -OCH3 is 2. The van der Waals surface area contributed by atoms with E-state index in [0.29, 0.717) is 23.8 Å². The molecule has 11 heteroatoms. The maximum atomic E-state index is 12.4. The summed E-state index contributed by atoms with van der Waals surface area (Å²) >= 11 is 4.61. The first-order valence-electron chi connectivity index (χ1n) is 11.1. The topological polar surface area (TPSA) is 120 Å². The van der Waals surface area contributed by atoms with Crippen LogP contribution in [0.5, 0.6) is 17.2 Å². The number of amides is 1. The van der Waals surface area contributed by atoms with Crippen LogP contribution >= 0.6 is 34.4 Å².